The van der Waals surface area contributed by atoms with E-state index in [9.17, 15) is 9.59 Å². The van der Waals surface area contributed by atoms with Crippen LogP contribution in [-0.4, -0.2) is 36.1 Å². The fourth-order valence-electron chi connectivity index (χ4n) is 1.96. The second kappa shape index (κ2) is 10.2. The van der Waals surface area contributed by atoms with Crippen molar-refractivity contribution in [2.24, 2.45) is 5.73 Å². The predicted octanol–water partition coefficient (Wildman–Crippen LogP) is 1.13. The lowest BCUT2D eigenvalue weighted by Gasteiger charge is -2.14. The lowest BCUT2D eigenvalue weighted by atomic mass is 10.1. The van der Waals surface area contributed by atoms with Crippen LogP contribution in [0.5, 0.6) is 0 Å². The number of aliphatic carboxylic acids is 1. The highest BCUT2D eigenvalue weighted by Crippen LogP contribution is 2.10. The number of carboxylic acid groups (broad SMARTS) is 1. The van der Waals surface area contributed by atoms with Crippen molar-refractivity contribution in [1.82, 2.24) is 10.6 Å². The summed E-state index contributed by atoms with van der Waals surface area (Å²) in [5.41, 5.74) is 6.33. The van der Waals surface area contributed by atoms with Crippen LogP contribution in [0.25, 0.3) is 0 Å². The van der Waals surface area contributed by atoms with Crippen molar-refractivity contribution in [3.05, 3.63) is 34.9 Å². The van der Waals surface area contributed by atoms with Gasteiger partial charge in [0.25, 0.3) is 0 Å². The summed E-state index contributed by atoms with van der Waals surface area (Å²) < 4.78 is 0. The van der Waals surface area contributed by atoms with Crippen molar-refractivity contribution >= 4 is 23.5 Å². The number of nitrogens with two attached hydrogens (primary N) is 1. The molecule has 0 heterocycles. The Balaban J connectivity index is 2.32. The van der Waals surface area contributed by atoms with E-state index >= 15 is 0 Å². The Morgan fingerprint density at radius 2 is 2.09 bits per heavy atom. The van der Waals surface area contributed by atoms with Gasteiger partial charge in [-0.05, 0) is 43.5 Å². The van der Waals surface area contributed by atoms with E-state index in [1.807, 2.05) is 12.1 Å². The third-order valence-electron chi connectivity index (χ3n) is 3.08. The summed E-state index contributed by atoms with van der Waals surface area (Å²) in [5.74, 6) is -1.37. The first-order valence-electron chi connectivity index (χ1n) is 7.20. The van der Waals surface area contributed by atoms with Gasteiger partial charge in [0.15, 0.2) is 0 Å². The van der Waals surface area contributed by atoms with Crippen LogP contribution in [0.1, 0.15) is 24.8 Å². The normalized spacial score (nSPS) is 11.9. The van der Waals surface area contributed by atoms with Gasteiger partial charge < -0.3 is 21.5 Å². The van der Waals surface area contributed by atoms with E-state index in [4.69, 9.17) is 22.4 Å². The Morgan fingerprint density at radius 3 is 2.73 bits per heavy atom. The molecule has 122 valence electrons. The van der Waals surface area contributed by atoms with Crippen molar-refractivity contribution in [2.75, 3.05) is 13.1 Å². The first-order chi connectivity index (χ1) is 10.5. The molecule has 0 spiro atoms. The van der Waals surface area contributed by atoms with Crippen molar-refractivity contribution in [3.63, 3.8) is 0 Å². The molecule has 0 bridgehead atoms. The quantitative estimate of drug-likeness (QED) is 0.482. The monoisotopic (exact) mass is 327 g/mol. The largest absolute Gasteiger partial charge is 0.480 e. The fraction of sp³-hybridized carbons (Fsp3) is 0.467. The molecule has 1 rings (SSSR count). The number of halogens is 1. The zero-order valence-corrected chi connectivity index (χ0v) is 13.1. The number of amides is 1. The highest BCUT2D eigenvalue weighted by atomic mass is 35.5. The van der Waals surface area contributed by atoms with Gasteiger partial charge in [-0.15, -0.1) is 0 Å². The summed E-state index contributed by atoms with van der Waals surface area (Å²) in [7, 11) is 0. The minimum absolute atomic E-state index is 0.0488. The number of benzene rings is 1. The Labute approximate surface area is 135 Å². The molecule has 1 atom stereocenters. The third-order valence-corrected chi connectivity index (χ3v) is 3.32. The van der Waals surface area contributed by atoms with Gasteiger partial charge in [0, 0.05) is 11.6 Å². The van der Waals surface area contributed by atoms with Gasteiger partial charge in [-0.3, -0.25) is 4.79 Å². The zero-order valence-electron chi connectivity index (χ0n) is 12.3. The molecule has 6 nitrogen and oxygen atoms in total. The number of carboxylic acids is 1. The van der Waals surface area contributed by atoms with E-state index in [1.165, 1.54) is 0 Å². The van der Waals surface area contributed by atoms with E-state index in [0.717, 1.165) is 12.0 Å². The van der Waals surface area contributed by atoms with E-state index in [1.54, 1.807) is 12.1 Å². The van der Waals surface area contributed by atoms with Crippen LogP contribution in [0.3, 0.4) is 0 Å². The van der Waals surface area contributed by atoms with Crippen LogP contribution in [0.4, 0.5) is 0 Å². The summed E-state index contributed by atoms with van der Waals surface area (Å²) >= 11 is 5.87. The summed E-state index contributed by atoms with van der Waals surface area (Å²) in [6, 6.07) is 6.43. The van der Waals surface area contributed by atoms with Crippen LogP contribution in [0, 0.1) is 0 Å². The maximum Gasteiger partial charge on any atom is 0.326 e. The highest BCUT2D eigenvalue weighted by Gasteiger charge is 2.18. The van der Waals surface area contributed by atoms with Gasteiger partial charge in [0.2, 0.25) is 5.91 Å². The molecule has 0 fully saturated rings. The summed E-state index contributed by atoms with van der Waals surface area (Å²) in [5, 5.41) is 15.2. The Bertz CT molecular complexity index is 497. The third kappa shape index (κ3) is 7.40. The van der Waals surface area contributed by atoms with Gasteiger partial charge in [-0.2, -0.15) is 0 Å². The second-order valence-electron chi connectivity index (χ2n) is 4.98. The number of unbranched alkanes of at least 4 members (excludes halogenated alkanes) is 1. The highest BCUT2D eigenvalue weighted by molar-refractivity contribution is 6.30. The van der Waals surface area contributed by atoms with E-state index in [-0.39, 0.29) is 12.5 Å². The SMILES string of the molecule is NCCCC[C@H](NC(=O)CNCc1cccc(Cl)c1)C(=O)O. The zero-order chi connectivity index (χ0) is 16.4. The van der Waals surface area contributed by atoms with Crippen LogP contribution in [-0.2, 0) is 16.1 Å². The first-order valence-corrected chi connectivity index (χ1v) is 7.58. The molecule has 1 aromatic rings. The first kappa shape index (κ1) is 18.4. The van der Waals surface area contributed by atoms with Gasteiger partial charge in [-0.1, -0.05) is 23.7 Å². The predicted molar refractivity (Wildman–Crippen MR) is 85.6 cm³/mol. The molecule has 1 aromatic carbocycles. The van der Waals surface area contributed by atoms with Crippen LogP contribution < -0.4 is 16.4 Å². The summed E-state index contributed by atoms with van der Waals surface area (Å²) in [4.78, 5) is 22.8. The lowest BCUT2D eigenvalue weighted by molar-refractivity contribution is -0.141. The molecule has 0 aromatic heterocycles. The second-order valence-corrected chi connectivity index (χ2v) is 5.41. The molecule has 22 heavy (non-hydrogen) atoms. The molecular weight excluding hydrogens is 306 g/mol. The molecule has 0 radical (unpaired) electrons. The van der Waals surface area contributed by atoms with Crippen LogP contribution in [0.2, 0.25) is 5.02 Å². The molecule has 0 saturated heterocycles. The molecule has 0 unspecified atom stereocenters. The summed E-state index contributed by atoms with van der Waals surface area (Å²) in [6.45, 7) is 1.05. The van der Waals surface area contributed by atoms with Gasteiger partial charge in [-0.25, -0.2) is 4.79 Å². The van der Waals surface area contributed by atoms with Crippen LogP contribution in [0.15, 0.2) is 24.3 Å². The van der Waals surface area contributed by atoms with Crippen molar-refractivity contribution in [1.29, 1.82) is 0 Å². The number of rotatable bonds is 10. The number of hydrogen-bond donors (Lipinski definition) is 4. The Hall–Kier alpha value is -1.63. The summed E-state index contributed by atoms with van der Waals surface area (Å²) in [6.07, 6.45) is 1.79. The molecular formula is C15H22ClN3O3. The lowest BCUT2D eigenvalue weighted by Crippen LogP contribution is -2.44. The average molecular weight is 328 g/mol. The van der Waals surface area contributed by atoms with Crippen molar-refractivity contribution in [2.45, 2.75) is 31.8 Å². The maximum atomic E-state index is 11.8. The van der Waals surface area contributed by atoms with Crippen molar-refractivity contribution in [3.8, 4) is 0 Å². The molecule has 0 saturated carbocycles. The van der Waals surface area contributed by atoms with Crippen LogP contribution >= 0.6 is 11.6 Å². The van der Waals surface area contributed by atoms with E-state index in [2.05, 4.69) is 10.6 Å². The van der Waals surface area contributed by atoms with Gasteiger partial charge in [0.1, 0.15) is 6.04 Å². The molecule has 5 N–H and O–H groups in total. The molecule has 1 amide bonds. The number of nitrogens with one attached hydrogen (secondary N) is 2. The smallest absolute Gasteiger partial charge is 0.326 e. The van der Waals surface area contributed by atoms with Crippen molar-refractivity contribution < 1.29 is 14.7 Å². The molecule has 0 aliphatic heterocycles. The van der Waals surface area contributed by atoms with E-state index in [0.29, 0.717) is 31.0 Å². The topological polar surface area (TPSA) is 104 Å². The number of carbonyl (C=O) groups excluding carboxylic acids is 1. The average Bonchev–Trinajstić information content (AvgIpc) is 2.46. The minimum atomic E-state index is -1.03. The van der Waals surface area contributed by atoms with Gasteiger partial charge >= 0.3 is 5.97 Å². The Morgan fingerprint density at radius 1 is 1.32 bits per heavy atom. The van der Waals surface area contributed by atoms with Gasteiger partial charge in [0.05, 0.1) is 6.54 Å². The fourth-order valence-corrected chi connectivity index (χ4v) is 2.18. The number of carbonyl (C=O) groups is 2. The maximum absolute atomic E-state index is 11.8. The molecule has 0 aliphatic rings. The minimum Gasteiger partial charge on any atom is -0.480 e. The molecule has 7 heteroatoms. The number of hydrogen-bond acceptors (Lipinski definition) is 4. The standard InChI is InChI=1S/C15H22ClN3O3/c16-12-5-3-4-11(8-12)9-18-10-14(20)19-13(15(21)22)6-1-2-7-17/h3-5,8,13,18H,1-2,6-7,9-10,17H2,(H,19,20)(H,21,22)/t13-/m0/s1. The Kier molecular flexibility index (Phi) is 8.50. The van der Waals surface area contributed by atoms with E-state index < -0.39 is 12.0 Å². The molecule has 0 aliphatic carbocycles.